The van der Waals surface area contributed by atoms with Gasteiger partial charge in [-0.05, 0) is 32.2 Å². The van der Waals surface area contributed by atoms with Crippen LogP contribution in [-0.2, 0) is 9.53 Å². The zero-order valence-corrected chi connectivity index (χ0v) is 14.4. The zero-order chi connectivity index (χ0) is 17.0. The van der Waals surface area contributed by atoms with Gasteiger partial charge in [0.15, 0.2) is 0 Å². The van der Waals surface area contributed by atoms with Gasteiger partial charge < -0.3 is 15.2 Å². The van der Waals surface area contributed by atoms with Crippen LogP contribution in [0.1, 0.15) is 46.5 Å². The Morgan fingerprint density at radius 2 is 1.96 bits per heavy atom. The summed E-state index contributed by atoms with van der Waals surface area (Å²) in [6, 6.07) is 0.221. The van der Waals surface area contributed by atoms with E-state index in [9.17, 15) is 9.90 Å². The first-order valence-corrected chi connectivity index (χ1v) is 8.43. The van der Waals surface area contributed by atoms with Crippen LogP contribution in [-0.4, -0.2) is 53.6 Å². The lowest BCUT2D eigenvalue weighted by molar-refractivity contribution is -0.125. The van der Waals surface area contributed by atoms with E-state index < -0.39 is 5.41 Å². The number of rotatable bonds is 3. The van der Waals surface area contributed by atoms with E-state index >= 15 is 0 Å². The van der Waals surface area contributed by atoms with Gasteiger partial charge in [0.2, 0.25) is 5.91 Å². The first kappa shape index (κ1) is 17.9. The fourth-order valence-electron chi connectivity index (χ4n) is 3.13. The summed E-state index contributed by atoms with van der Waals surface area (Å²) in [6.07, 6.45) is 5.08. The van der Waals surface area contributed by atoms with Crippen LogP contribution < -0.4 is 5.32 Å². The maximum absolute atomic E-state index is 12.5. The van der Waals surface area contributed by atoms with Gasteiger partial charge in [0.25, 0.3) is 0 Å². The minimum absolute atomic E-state index is 0.0544. The number of ether oxygens (including phenoxy) is 1. The number of likely N-dealkylation sites (tertiary alicyclic amines) is 1. The van der Waals surface area contributed by atoms with Crippen LogP contribution in [0.15, 0.2) is 11.8 Å². The maximum Gasteiger partial charge on any atom is 0.242 e. The molecule has 1 amide bonds. The third kappa shape index (κ3) is 4.78. The largest absolute Gasteiger partial charge is 0.512 e. The normalized spacial score (nSPS) is 24.7. The van der Waals surface area contributed by atoms with Crippen LogP contribution in [0.25, 0.3) is 0 Å². The number of carbonyl (C=O) groups is 1. The molecule has 2 saturated heterocycles. The number of carbonyl (C=O) groups excluding carboxylic acids is 1. The fourth-order valence-corrected chi connectivity index (χ4v) is 3.13. The van der Waals surface area contributed by atoms with E-state index in [1.807, 2.05) is 20.8 Å². The molecule has 0 radical (unpaired) electrons. The number of nitrogens with zero attached hydrogens (tertiary/aromatic N) is 1. The minimum Gasteiger partial charge on any atom is -0.512 e. The second kappa shape index (κ2) is 7.45. The predicted molar refractivity (Wildman–Crippen MR) is 89.6 cm³/mol. The summed E-state index contributed by atoms with van der Waals surface area (Å²) in [5.41, 5.74) is -0.432. The highest BCUT2D eigenvalue weighted by Crippen LogP contribution is 2.25. The number of aliphatic hydroxyl groups is 1. The van der Waals surface area contributed by atoms with Crippen molar-refractivity contribution in [3.63, 3.8) is 0 Å². The van der Waals surface area contributed by atoms with Gasteiger partial charge in [-0.3, -0.25) is 15.1 Å². The number of amides is 1. The molecule has 0 unspecified atom stereocenters. The summed E-state index contributed by atoms with van der Waals surface area (Å²) < 4.78 is 5.40. The number of allylic oxidation sites excluding steroid dienone is 1. The van der Waals surface area contributed by atoms with Gasteiger partial charge in [-0.25, -0.2) is 0 Å². The Bertz CT molecular complexity index is 476. The summed E-state index contributed by atoms with van der Waals surface area (Å²) in [5.74, 6) is -0.103. The van der Waals surface area contributed by atoms with Gasteiger partial charge in [-0.1, -0.05) is 20.8 Å². The van der Waals surface area contributed by atoms with Gasteiger partial charge in [0, 0.05) is 30.7 Å². The standard InChI is InChI=1S/C17H29N3O3/c1-17(2,3)14(21)11-15(18)19-16(22)13-5-4-8-20(13)12-6-9-23-10-7-12/h11-13,21H,4-10H2,1-3H3,(H2,18,19,22)/b14-11-/t13-/m0/s1. The van der Waals surface area contributed by atoms with E-state index in [1.165, 1.54) is 6.08 Å². The number of hydrogen-bond acceptors (Lipinski definition) is 5. The van der Waals surface area contributed by atoms with Crippen molar-refractivity contribution in [3.05, 3.63) is 11.8 Å². The van der Waals surface area contributed by atoms with Crippen molar-refractivity contribution in [1.29, 1.82) is 5.41 Å². The van der Waals surface area contributed by atoms with Gasteiger partial charge in [0.1, 0.15) is 11.6 Å². The number of amidine groups is 1. The van der Waals surface area contributed by atoms with Crippen LogP contribution in [0, 0.1) is 10.8 Å². The average molecular weight is 323 g/mol. The highest BCUT2D eigenvalue weighted by molar-refractivity contribution is 6.04. The van der Waals surface area contributed by atoms with Crippen LogP contribution in [0.4, 0.5) is 0 Å². The molecule has 23 heavy (non-hydrogen) atoms. The molecule has 6 nitrogen and oxygen atoms in total. The minimum atomic E-state index is -0.432. The molecule has 130 valence electrons. The molecule has 2 rings (SSSR count). The summed E-state index contributed by atoms with van der Waals surface area (Å²) >= 11 is 0. The van der Waals surface area contributed by atoms with Crippen molar-refractivity contribution in [2.24, 2.45) is 5.41 Å². The van der Waals surface area contributed by atoms with Crippen LogP contribution in [0.2, 0.25) is 0 Å². The van der Waals surface area contributed by atoms with Crippen molar-refractivity contribution in [2.45, 2.75) is 58.5 Å². The smallest absolute Gasteiger partial charge is 0.242 e. The van der Waals surface area contributed by atoms with E-state index in [-0.39, 0.29) is 23.5 Å². The monoisotopic (exact) mass is 323 g/mol. The second-order valence-electron chi connectivity index (χ2n) is 7.42. The predicted octanol–water partition coefficient (Wildman–Crippen LogP) is 2.21. The molecule has 0 aliphatic carbocycles. The molecular formula is C17H29N3O3. The molecule has 0 spiro atoms. The van der Waals surface area contributed by atoms with Gasteiger partial charge in [0.05, 0.1) is 6.04 Å². The molecule has 2 fully saturated rings. The van der Waals surface area contributed by atoms with Crippen molar-refractivity contribution in [1.82, 2.24) is 10.2 Å². The van der Waals surface area contributed by atoms with Crippen molar-refractivity contribution in [2.75, 3.05) is 19.8 Å². The van der Waals surface area contributed by atoms with E-state index in [4.69, 9.17) is 10.1 Å². The molecule has 2 aliphatic heterocycles. The molecule has 0 aromatic rings. The lowest BCUT2D eigenvalue weighted by Crippen LogP contribution is -2.50. The van der Waals surface area contributed by atoms with Crippen LogP contribution in [0.3, 0.4) is 0 Å². The zero-order valence-electron chi connectivity index (χ0n) is 14.4. The van der Waals surface area contributed by atoms with Crippen molar-refractivity contribution >= 4 is 11.7 Å². The molecule has 2 heterocycles. The SMILES string of the molecule is CC(C)(C)/C(O)=C/C(=N)NC(=O)[C@@H]1CCCN1C1CCOCC1. The lowest BCUT2D eigenvalue weighted by Gasteiger charge is -2.34. The Morgan fingerprint density at radius 1 is 1.30 bits per heavy atom. The Hall–Kier alpha value is -1.40. The quantitative estimate of drug-likeness (QED) is 0.422. The Kier molecular flexibility index (Phi) is 5.81. The van der Waals surface area contributed by atoms with E-state index in [0.717, 1.165) is 45.4 Å². The highest BCUT2D eigenvalue weighted by atomic mass is 16.5. The Morgan fingerprint density at radius 3 is 2.57 bits per heavy atom. The van der Waals surface area contributed by atoms with Gasteiger partial charge in [-0.15, -0.1) is 0 Å². The molecule has 0 aromatic carbocycles. The Labute approximate surface area is 138 Å². The maximum atomic E-state index is 12.5. The van der Waals surface area contributed by atoms with Crippen molar-refractivity contribution < 1.29 is 14.6 Å². The molecule has 0 bridgehead atoms. The number of nitrogens with one attached hydrogen (secondary N) is 2. The third-order valence-electron chi connectivity index (χ3n) is 4.56. The molecule has 0 aromatic heterocycles. The van der Waals surface area contributed by atoms with E-state index in [2.05, 4.69) is 10.2 Å². The van der Waals surface area contributed by atoms with Crippen LogP contribution >= 0.6 is 0 Å². The summed E-state index contributed by atoms with van der Waals surface area (Å²) in [6.45, 7) is 8.02. The second-order valence-corrected chi connectivity index (χ2v) is 7.42. The van der Waals surface area contributed by atoms with Gasteiger partial charge in [-0.2, -0.15) is 0 Å². The Balaban J connectivity index is 1.95. The first-order chi connectivity index (χ1) is 10.8. The van der Waals surface area contributed by atoms with Gasteiger partial charge >= 0.3 is 0 Å². The molecule has 0 saturated carbocycles. The summed E-state index contributed by atoms with van der Waals surface area (Å²) in [4.78, 5) is 14.8. The van der Waals surface area contributed by atoms with E-state index in [0.29, 0.717) is 6.04 Å². The number of hydrogen-bond donors (Lipinski definition) is 3. The molecule has 6 heteroatoms. The summed E-state index contributed by atoms with van der Waals surface area (Å²) in [5, 5.41) is 20.5. The molecule has 2 aliphatic rings. The van der Waals surface area contributed by atoms with Crippen molar-refractivity contribution in [3.8, 4) is 0 Å². The summed E-state index contributed by atoms with van der Waals surface area (Å²) in [7, 11) is 0. The highest BCUT2D eigenvalue weighted by Gasteiger charge is 2.36. The lowest BCUT2D eigenvalue weighted by atomic mass is 9.93. The van der Waals surface area contributed by atoms with Crippen LogP contribution in [0.5, 0.6) is 0 Å². The molecule has 3 N–H and O–H groups in total. The topological polar surface area (TPSA) is 85.7 Å². The molecular weight excluding hydrogens is 294 g/mol. The first-order valence-electron chi connectivity index (χ1n) is 8.43. The van der Waals surface area contributed by atoms with E-state index in [1.54, 1.807) is 0 Å². The number of aliphatic hydroxyl groups excluding tert-OH is 1. The average Bonchev–Trinajstić information content (AvgIpc) is 2.96. The molecule has 1 atom stereocenters. The third-order valence-corrected chi connectivity index (χ3v) is 4.56. The fraction of sp³-hybridized carbons (Fsp3) is 0.765.